The fraction of sp³-hybridized carbons (Fsp3) is 0.118. The molecular formula is C17H13BrClN. The van der Waals surface area contributed by atoms with Crippen LogP contribution in [0.3, 0.4) is 0 Å². The first-order valence-corrected chi connectivity index (χ1v) is 7.57. The smallest absolute Gasteiger partial charge is 0.0765 e. The zero-order valence-electron chi connectivity index (χ0n) is 11.2. The zero-order chi connectivity index (χ0) is 14.3. The molecule has 0 unspecified atom stereocenters. The highest BCUT2D eigenvalue weighted by atomic mass is 79.9. The van der Waals surface area contributed by atoms with Gasteiger partial charge in [0.05, 0.1) is 16.2 Å². The van der Waals surface area contributed by atoms with Gasteiger partial charge in [0.2, 0.25) is 0 Å². The molecule has 3 rings (SSSR count). The van der Waals surface area contributed by atoms with Gasteiger partial charge in [-0.05, 0) is 31.0 Å². The minimum atomic E-state index is 0.768. The molecule has 0 spiro atoms. The minimum absolute atomic E-state index is 0.768. The number of rotatable bonds is 1. The van der Waals surface area contributed by atoms with Crippen LogP contribution < -0.4 is 0 Å². The summed E-state index contributed by atoms with van der Waals surface area (Å²) in [7, 11) is 0. The van der Waals surface area contributed by atoms with E-state index in [2.05, 4.69) is 41.1 Å². The van der Waals surface area contributed by atoms with E-state index in [1.807, 2.05) is 31.2 Å². The second kappa shape index (κ2) is 5.19. The second-order valence-corrected chi connectivity index (χ2v) is 6.09. The fourth-order valence-corrected chi connectivity index (χ4v) is 3.30. The molecule has 0 radical (unpaired) electrons. The third-order valence-electron chi connectivity index (χ3n) is 3.50. The Balaban J connectivity index is 2.42. The summed E-state index contributed by atoms with van der Waals surface area (Å²) in [5.41, 5.74) is 5.13. The molecule has 0 aliphatic heterocycles. The van der Waals surface area contributed by atoms with Crippen LogP contribution in [-0.2, 0) is 0 Å². The SMILES string of the molecule is Cc1c(-c2ccccc2)nc2c(C)ccc(Br)c2c1Cl. The van der Waals surface area contributed by atoms with E-state index in [0.29, 0.717) is 0 Å². The summed E-state index contributed by atoms with van der Waals surface area (Å²) >= 11 is 10.2. The van der Waals surface area contributed by atoms with Crippen LogP contribution in [0.2, 0.25) is 5.02 Å². The van der Waals surface area contributed by atoms with Gasteiger partial charge >= 0.3 is 0 Å². The lowest BCUT2D eigenvalue weighted by molar-refractivity contribution is 1.30. The van der Waals surface area contributed by atoms with Crippen molar-refractivity contribution < 1.29 is 0 Å². The fourth-order valence-electron chi connectivity index (χ4n) is 2.39. The molecule has 0 bridgehead atoms. The topological polar surface area (TPSA) is 12.9 Å². The van der Waals surface area contributed by atoms with Crippen LogP contribution in [0.25, 0.3) is 22.2 Å². The van der Waals surface area contributed by atoms with Crippen LogP contribution in [0.15, 0.2) is 46.9 Å². The molecule has 1 heterocycles. The minimum Gasteiger partial charge on any atom is -0.247 e. The maximum atomic E-state index is 6.59. The van der Waals surface area contributed by atoms with Crippen molar-refractivity contribution in [2.75, 3.05) is 0 Å². The van der Waals surface area contributed by atoms with Crippen LogP contribution in [0, 0.1) is 13.8 Å². The average Bonchev–Trinajstić information content (AvgIpc) is 2.47. The van der Waals surface area contributed by atoms with Crippen molar-refractivity contribution in [2.45, 2.75) is 13.8 Å². The van der Waals surface area contributed by atoms with Gasteiger partial charge in [-0.3, -0.25) is 0 Å². The molecule has 100 valence electrons. The highest BCUT2D eigenvalue weighted by Gasteiger charge is 2.15. The number of pyridine rings is 1. The van der Waals surface area contributed by atoms with Gasteiger partial charge in [0, 0.05) is 15.4 Å². The Bertz CT molecular complexity index is 797. The number of aryl methyl sites for hydroxylation is 1. The second-order valence-electron chi connectivity index (χ2n) is 4.85. The monoisotopic (exact) mass is 345 g/mol. The Morgan fingerprint density at radius 3 is 2.40 bits per heavy atom. The molecule has 2 aromatic carbocycles. The lowest BCUT2D eigenvalue weighted by Gasteiger charge is -2.13. The van der Waals surface area contributed by atoms with E-state index in [9.17, 15) is 0 Å². The first-order valence-electron chi connectivity index (χ1n) is 6.40. The van der Waals surface area contributed by atoms with Crippen LogP contribution in [0.1, 0.15) is 11.1 Å². The Kier molecular flexibility index (Phi) is 3.53. The summed E-state index contributed by atoms with van der Waals surface area (Å²) in [6.45, 7) is 4.08. The molecule has 0 aliphatic carbocycles. The molecule has 3 heteroatoms. The normalized spacial score (nSPS) is 11.0. The van der Waals surface area contributed by atoms with Crippen molar-refractivity contribution in [3.8, 4) is 11.3 Å². The number of hydrogen-bond acceptors (Lipinski definition) is 1. The number of benzene rings is 2. The molecular weight excluding hydrogens is 334 g/mol. The van der Waals surface area contributed by atoms with Gasteiger partial charge in [0.15, 0.2) is 0 Å². The molecule has 0 saturated heterocycles. The first kappa shape index (κ1) is 13.6. The number of fused-ring (bicyclic) bond motifs is 1. The molecule has 0 N–H and O–H groups in total. The highest BCUT2D eigenvalue weighted by molar-refractivity contribution is 9.10. The Morgan fingerprint density at radius 1 is 1.00 bits per heavy atom. The van der Waals surface area contributed by atoms with E-state index in [1.165, 1.54) is 0 Å². The number of halogens is 2. The van der Waals surface area contributed by atoms with Crippen molar-refractivity contribution in [3.63, 3.8) is 0 Å². The number of aromatic nitrogens is 1. The van der Waals surface area contributed by atoms with Gasteiger partial charge in [-0.25, -0.2) is 4.98 Å². The third kappa shape index (κ3) is 2.13. The highest BCUT2D eigenvalue weighted by Crippen LogP contribution is 2.37. The van der Waals surface area contributed by atoms with Crippen LogP contribution in [-0.4, -0.2) is 4.98 Å². The average molecular weight is 347 g/mol. The lowest BCUT2D eigenvalue weighted by Crippen LogP contribution is -1.94. The maximum absolute atomic E-state index is 6.59. The lowest BCUT2D eigenvalue weighted by atomic mass is 10.0. The molecule has 1 nitrogen and oxygen atoms in total. The van der Waals surface area contributed by atoms with Crippen molar-refractivity contribution in [3.05, 3.63) is 63.1 Å². The summed E-state index contributed by atoms with van der Waals surface area (Å²) in [6, 6.07) is 14.2. The van der Waals surface area contributed by atoms with E-state index in [0.717, 1.165) is 42.8 Å². The van der Waals surface area contributed by atoms with Crippen LogP contribution in [0.5, 0.6) is 0 Å². The van der Waals surface area contributed by atoms with Gasteiger partial charge in [-0.2, -0.15) is 0 Å². The van der Waals surface area contributed by atoms with E-state index >= 15 is 0 Å². The summed E-state index contributed by atoms with van der Waals surface area (Å²) in [5, 5.41) is 1.76. The predicted octanol–water partition coefficient (Wildman–Crippen LogP) is 5.93. The van der Waals surface area contributed by atoms with Crippen molar-refractivity contribution in [1.82, 2.24) is 4.98 Å². The van der Waals surface area contributed by atoms with Gasteiger partial charge in [0.25, 0.3) is 0 Å². The molecule has 0 amide bonds. The van der Waals surface area contributed by atoms with Crippen LogP contribution in [0.4, 0.5) is 0 Å². The Morgan fingerprint density at radius 2 is 1.70 bits per heavy atom. The Labute approximate surface area is 131 Å². The van der Waals surface area contributed by atoms with Crippen LogP contribution >= 0.6 is 27.5 Å². The number of hydrogen-bond donors (Lipinski definition) is 0. The molecule has 3 aromatic rings. The molecule has 0 saturated carbocycles. The summed E-state index contributed by atoms with van der Waals surface area (Å²) in [6.07, 6.45) is 0. The number of nitrogens with zero attached hydrogens (tertiary/aromatic N) is 1. The maximum Gasteiger partial charge on any atom is 0.0765 e. The summed E-state index contributed by atoms with van der Waals surface area (Å²) in [4.78, 5) is 4.85. The zero-order valence-corrected chi connectivity index (χ0v) is 13.6. The van der Waals surface area contributed by atoms with Gasteiger partial charge in [-0.1, -0.05) is 63.9 Å². The molecule has 20 heavy (non-hydrogen) atoms. The van der Waals surface area contributed by atoms with E-state index in [-0.39, 0.29) is 0 Å². The van der Waals surface area contributed by atoms with E-state index < -0.39 is 0 Å². The summed E-state index contributed by atoms with van der Waals surface area (Å²) in [5.74, 6) is 0. The summed E-state index contributed by atoms with van der Waals surface area (Å²) < 4.78 is 0.985. The molecule has 0 fully saturated rings. The van der Waals surface area contributed by atoms with E-state index in [4.69, 9.17) is 16.6 Å². The quantitative estimate of drug-likeness (QED) is 0.532. The van der Waals surface area contributed by atoms with E-state index in [1.54, 1.807) is 0 Å². The first-order chi connectivity index (χ1) is 9.59. The van der Waals surface area contributed by atoms with Crippen molar-refractivity contribution >= 4 is 38.4 Å². The molecule has 0 atom stereocenters. The molecule has 1 aromatic heterocycles. The Hall–Kier alpha value is -1.38. The predicted molar refractivity (Wildman–Crippen MR) is 89.4 cm³/mol. The van der Waals surface area contributed by atoms with Crippen molar-refractivity contribution in [2.24, 2.45) is 0 Å². The van der Waals surface area contributed by atoms with Gasteiger partial charge in [0.1, 0.15) is 0 Å². The molecule has 0 aliphatic rings. The largest absolute Gasteiger partial charge is 0.247 e. The van der Waals surface area contributed by atoms with Crippen molar-refractivity contribution in [1.29, 1.82) is 0 Å². The standard InChI is InChI=1S/C17H13BrClN/c1-10-8-9-13(18)14-15(19)11(2)17(20-16(10)14)12-6-4-3-5-7-12/h3-9H,1-2H3. The third-order valence-corrected chi connectivity index (χ3v) is 4.64. The van der Waals surface area contributed by atoms with Gasteiger partial charge < -0.3 is 0 Å². The van der Waals surface area contributed by atoms with Gasteiger partial charge in [-0.15, -0.1) is 0 Å².